The van der Waals surface area contributed by atoms with Gasteiger partial charge in [0.15, 0.2) is 5.76 Å². The van der Waals surface area contributed by atoms with Gasteiger partial charge in [0, 0.05) is 5.56 Å². The van der Waals surface area contributed by atoms with Crippen molar-refractivity contribution in [2.24, 2.45) is 5.92 Å². The van der Waals surface area contributed by atoms with E-state index in [4.69, 9.17) is 4.42 Å². The molecule has 1 unspecified atom stereocenters. The van der Waals surface area contributed by atoms with E-state index >= 15 is 0 Å². The lowest BCUT2D eigenvalue weighted by Gasteiger charge is -2.19. The molecular formula is C23H29N3O7. The third-order valence-corrected chi connectivity index (χ3v) is 5.15. The van der Waals surface area contributed by atoms with Crippen molar-refractivity contribution in [3.05, 3.63) is 47.2 Å². The van der Waals surface area contributed by atoms with Gasteiger partial charge in [-0.2, -0.15) is 0 Å². The van der Waals surface area contributed by atoms with Crippen LogP contribution in [0.25, 0.3) is 11.3 Å². The Hall–Kier alpha value is -3.66. The highest BCUT2D eigenvalue weighted by Gasteiger charge is 2.21. The zero-order valence-electron chi connectivity index (χ0n) is 18.7. The Kier molecular flexibility index (Phi) is 9.62. The first-order valence-corrected chi connectivity index (χ1v) is 10.7. The summed E-state index contributed by atoms with van der Waals surface area (Å²) in [4.78, 5) is 46.8. The number of carbonyl (C=O) groups excluding carboxylic acids is 3. The number of amides is 3. The van der Waals surface area contributed by atoms with Gasteiger partial charge in [-0.3, -0.25) is 19.6 Å². The molecule has 0 spiro atoms. The molecule has 10 heteroatoms. The number of nitrogens with one attached hydrogen (secondary N) is 2. The van der Waals surface area contributed by atoms with E-state index in [1.54, 1.807) is 25.1 Å². The van der Waals surface area contributed by atoms with Crippen LogP contribution in [0.15, 0.2) is 34.7 Å². The van der Waals surface area contributed by atoms with Gasteiger partial charge >= 0.3 is 5.97 Å². The maximum atomic E-state index is 12.4. The third kappa shape index (κ3) is 7.46. The summed E-state index contributed by atoms with van der Waals surface area (Å²) in [7, 11) is 0. The van der Waals surface area contributed by atoms with Gasteiger partial charge < -0.3 is 20.2 Å². The fourth-order valence-corrected chi connectivity index (χ4v) is 3.28. The number of hydroxylamine groups is 2. The van der Waals surface area contributed by atoms with E-state index in [1.807, 2.05) is 6.92 Å². The number of nitrogens with zero attached hydrogens (tertiary/aromatic N) is 1. The number of carboxylic acid groups (broad SMARTS) is 1. The van der Waals surface area contributed by atoms with Crippen LogP contribution in [0, 0.1) is 12.8 Å². The highest BCUT2D eigenvalue weighted by molar-refractivity contribution is 5.93. The predicted octanol–water partition coefficient (Wildman–Crippen LogP) is 2.80. The molecule has 0 fully saturated rings. The van der Waals surface area contributed by atoms with Crippen molar-refractivity contribution in [3.63, 3.8) is 0 Å². The highest BCUT2D eigenvalue weighted by Crippen LogP contribution is 2.25. The zero-order valence-corrected chi connectivity index (χ0v) is 18.7. The minimum atomic E-state index is -1.06. The molecule has 0 aliphatic rings. The Morgan fingerprint density at radius 3 is 2.58 bits per heavy atom. The second kappa shape index (κ2) is 12.4. The average molecular weight is 459 g/mol. The first-order chi connectivity index (χ1) is 15.8. The molecule has 1 heterocycles. The Balaban J connectivity index is 1.94. The Bertz CT molecular complexity index is 986. The van der Waals surface area contributed by atoms with E-state index in [2.05, 4.69) is 10.6 Å². The first-order valence-electron chi connectivity index (χ1n) is 10.7. The first kappa shape index (κ1) is 25.6. The van der Waals surface area contributed by atoms with Crippen molar-refractivity contribution < 1.29 is 33.9 Å². The summed E-state index contributed by atoms with van der Waals surface area (Å²) < 4.78 is 5.55. The molecule has 0 aliphatic heterocycles. The standard InChI is InChI=1S/C23H29N3O7/c1-3-4-5-6-17(12-26(32)14-27)21(28)24-13-25-22(29)20-10-9-19(33-20)16-8-7-15(2)18(11-16)23(30)31/h7-11,14,17,32H,3-6,12-13H2,1-2H3,(H,24,28)(H,25,29)(H,30,31). The van der Waals surface area contributed by atoms with Crippen molar-refractivity contribution in [1.82, 2.24) is 15.7 Å². The van der Waals surface area contributed by atoms with Gasteiger partial charge in [-0.05, 0) is 37.1 Å². The maximum absolute atomic E-state index is 12.4. The molecule has 10 nitrogen and oxygen atoms in total. The van der Waals surface area contributed by atoms with E-state index in [1.165, 1.54) is 12.1 Å². The van der Waals surface area contributed by atoms with Crippen LogP contribution in [-0.4, -0.2) is 52.8 Å². The van der Waals surface area contributed by atoms with Crippen LogP contribution in [-0.2, 0) is 9.59 Å². The molecule has 33 heavy (non-hydrogen) atoms. The van der Waals surface area contributed by atoms with Gasteiger partial charge in [-0.15, -0.1) is 0 Å². The van der Waals surface area contributed by atoms with Gasteiger partial charge in [-0.25, -0.2) is 9.86 Å². The summed E-state index contributed by atoms with van der Waals surface area (Å²) in [6.45, 7) is 3.41. The molecular weight excluding hydrogens is 430 g/mol. The lowest BCUT2D eigenvalue weighted by Crippen LogP contribution is -2.42. The monoisotopic (exact) mass is 459 g/mol. The van der Waals surface area contributed by atoms with E-state index in [0.717, 1.165) is 19.3 Å². The van der Waals surface area contributed by atoms with Crippen LogP contribution in [0.5, 0.6) is 0 Å². The van der Waals surface area contributed by atoms with E-state index in [0.29, 0.717) is 28.4 Å². The quantitative estimate of drug-likeness (QED) is 0.118. The average Bonchev–Trinajstić information content (AvgIpc) is 3.28. The molecule has 0 bridgehead atoms. The summed E-state index contributed by atoms with van der Waals surface area (Å²) in [5, 5.41) is 24.2. The van der Waals surface area contributed by atoms with Gasteiger partial charge in [0.25, 0.3) is 5.91 Å². The topological polar surface area (TPSA) is 149 Å². The number of benzene rings is 1. The summed E-state index contributed by atoms with van der Waals surface area (Å²) in [6.07, 6.45) is 3.39. The van der Waals surface area contributed by atoms with Crippen LogP contribution in [0.3, 0.4) is 0 Å². The summed E-state index contributed by atoms with van der Waals surface area (Å²) in [5.74, 6) is -2.29. The van der Waals surface area contributed by atoms with Crippen LogP contribution in [0.4, 0.5) is 0 Å². The van der Waals surface area contributed by atoms with E-state index in [-0.39, 0.29) is 30.9 Å². The molecule has 2 rings (SSSR count). The molecule has 0 saturated carbocycles. The second-order valence-corrected chi connectivity index (χ2v) is 7.64. The van der Waals surface area contributed by atoms with Crippen molar-refractivity contribution in [2.45, 2.75) is 39.5 Å². The molecule has 0 saturated heterocycles. The Morgan fingerprint density at radius 1 is 1.15 bits per heavy atom. The molecule has 1 atom stereocenters. The molecule has 0 aliphatic carbocycles. The van der Waals surface area contributed by atoms with Gasteiger partial charge in [0.2, 0.25) is 12.3 Å². The molecule has 0 radical (unpaired) electrons. The number of carbonyl (C=O) groups is 4. The SMILES string of the molecule is CCCCCC(CN(O)C=O)C(=O)NCNC(=O)c1ccc(-c2ccc(C)c(C(=O)O)c2)o1. The normalized spacial score (nSPS) is 11.5. The van der Waals surface area contributed by atoms with Gasteiger partial charge in [0.05, 0.1) is 24.7 Å². The van der Waals surface area contributed by atoms with Crippen molar-refractivity contribution in [1.29, 1.82) is 0 Å². The van der Waals surface area contributed by atoms with Gasteiger partial charge in [0.1, 0.15) is 5.76 Å². The van der Waals surface area contributed by atoms with Crippen molar-refractivity contribution in [2.75, 3.05) is 13.2 Å². The lowest BCUT2D eigenvalue weighted by atomic mass is 10.0. The van der Waals surface area contributed by atoms with E-state index < -0.39 is 23.7 Å². The minimum absolute atomic E-state index is 0.00122. The smallest absolute Gasteiger partial charge is 0.335 e. The predicted molar refractivity (Wildman–Crippen MR) is 119 cm³/mol. The number of furan rings is 1. The highest BCUT2D eigenvalue weighted by atomic mass is 16.5. The number of aromatic carboxylic acids is 1. The van der Waals surface area contributed by atoms with E-state index in [9.17, 15) is 29.5 Å². The van der Waals surface area contributed by atoms with Crippen LogP contribution < -0.4 is 10.6 Å². The maximum Gasteiger partial charge on any atom is 0.335 e. The molecule has 1 aromatic carbocycles. The Morgan fingerprint density at radius 2 is 1.91 bits per heavy atom. The largest absolute Gasteiger partial charge is 0.478 e. The minimum Gasteiger partial charge on any atom is -0.478 e. The van der Waals surface area contributed by atoms with Crippen LogP contribution in [0.2, 0.25) is 0 Å². The number of hydrogen-bond acceptors (Lipinski definition) is 6. The number of hydrogen-bond donors (Lipinski definition) is 4. The molecule has 1 aromatic heterocycles. The molecule has 4 N–H and O–H groups in total. The summed E-state index contributed by atoms with van der Waals surface area (Å²) in [6, 6.07) is 7.84. The summed E-state index contributed by atoms with van der Waals surface area (Å²) in [5.41, 5.74) is 1.27. The fraction of sp³-hybridized carbons (Fsp3) is 0.391. The van der Waals surface area contributed by atoms with Crippen molar-refractivity contribution >= 4 is 24.2 Å². The molecule has 2 aromatic rings. The van der Waals surface area contributed by atoms with Crippen LogP contribution in [0.1, 0.15) is 59.1 Å². The zero-order chi connectivity index (χ0) is 24.4. The lowest BCUT2D eigenvalue weighted by molar-refractivity contribution is -0.154. The molecule has 178 valence electrons. The number of rotatable bonds is 13. The van der Waals surface area contributed by atoms with Crippen LogP contribution >= 0.6 is 0 Å². The van der Waals surface area contributed by atoms with Crippen molar-refractivity contribution in [3.8, 4) is 11.3 Å². The number of unbranched alkanes of at least 4 members (excludes halogenated alkanes) is 2. The second-order valence-electron chi connectivity index (χ2n) is 7.64. The number of aryl methyl sites for hydroxylation is 1. The number of carboxylic acids is 1. The molecule has 3 amide bonds. The fourth-order valence-electron chi connectivity index (χ4n) is 3.28. The summed E-state index contributed by atoms with van der Waals surface area (Å²) >= 11 is 0. The third-order valence-electron chi connectivity index (χ3n) is 5.15. The van der Waals surface area contributed by atoms with Gasteiger partial charge in [-0.1, -0.05) is 38.3 Å². The Labute approximate surface area is 191 Å².